The van der Waals surface area contributed by atoms with E-state index < -0.39 is 5.60 Å². The van der Waals surface area contributed by atoms with Gasteiger partial charge in [-0.25, -0.2) is 0 Å². The molecule has 21 heavy (non-hydrogen) atoms. The monoisotopic (exact) mass is 294 g/mol. The van der Waals surface area contributed by atoms with Gasteiger partial charge in [0.2, 0.25) is 0 Å². The third-order valence-corrected chi connectivity index (χ3v) is 6.45. The Hall–Kier alpha value is -0.860. The first-order valence-electron chi connectivity index (χ1n) is 8.29. The van der Waals surface area contributed by atoms with Gasteiger partial charge in [-0.3, -0.25) is 4.79 Å². The zero-order valence-corrected chi connectivity index (χ0v) is 14.2. The highest BCUT2D eigenvalue weighted by atomic mass is 16.6. The summed E-state index contributed by atoms with van der Waals surface area (Å²) in [6, 6.07) is 0. The number of esters is 1. The number of hydrogen-bond acceptors (Lipinski definition) is 3. The van der Waals surface area contributed by atoms with Gasteiger partial charge in [0.15, 0.2) is 0 Å². The molecule has 0 N–H and O–H groups in total. The number of carbonyl (C=O) groups excluding carboxylic acids is 2. The highest BCUT2D eigenvalue weighted by Crippen LogP contribution is 2.63. The van der Waals surface area contributed by atoms with E-state index >= 15 is 0 Å². The largest absolute Gasteiger partial charge is 0.459 e. The van der Waals surface area contributed by atoms with E-state index in [-0.39, 0.29) is 17.3 Å². The molecule has 0 aromatic carbocycles. The molecule has 0 radical (unpaired) electrons. The van der Waals surface area contributed by atoms with Crippen LogP contribution in [-0.4, -0.2) is 17.9 Å². The van der Waals surface area contributed by atoms with E-state index in [2.05, 4.69) is 20.8 Å². The van der Waals surface area contributed by atoms with Crippen LogP contribution in [0.2, 0.25) is 0 Å². The molecule has 2 aliphatic carbocycles. The summed E-state index contributed by atoms with van der Waals surface area (Å²) in [7, 11) is 0. The van der Waals surface area contributed by atoms with Gasteiger partial charge in [0.1, 0.15) is 11.9 Å². The van der Waals surface area contributed by atoms with E-state index in [1.165, 1.54) is 19.8 Å². The lowest BCUT2D eigenvalue weighted by Gasteiger charge is -2.61. The van der Waals surface area contributed by atoms with E-state index in [4.69, 9.17) is 4.74 Å². The van der Waals surface area contributed by atoms with Crippen LogP contribution >= 0.6 is 0 Å². The van der Waals surface area contributed by atoms with E-state index in [0.29, 0.717) is 17.8 Å². The maximum Gasteiger partial charge on any atom is 0.303 e. The average molecular weight is 294 g/mol. The van der Waals surface area contributed by atoms with Crippen molar-refractivity contribution in [2.45, 2.75) is 78.7 Å². The molecule has 0 bridgehead atoms. The Bertz CT molecular complexity index is 428. The zero-order chi connectivity index (χ0) is 15.9. The zero-order valence-electron chi connectivity index (χ0n) is 14.2. The van der Waals surface area contributed by atoms with Crippen LogP contribution in [0, 0.1) is 22.7 Å². The SMILES string of the molecule is CC(=O)O[C@]1(C)CCC2C(C)(C)CCC[C@]2(C)[C@H]1CC=O. The van der Waals surface area contributed by atoms with E-state index in [1.807, 2.05) is 6.92 Å². The molecule has 0 saturated heterocycles. The molecule has 0 heterocycles. The van der Waals surface area contributed by atoms with Crippen LogP contribution in [0.15, 0.2) is 0 Å². The molecule has 4 atom stereocenters. The summed E-state index contributed by atoms with van der Waals surface area (Å²) in [5.74, 6) is 0.502. The molecule has 0 aromatic rings. The molecule has 0 aliphatic heterocycles. The maximum atomic E-state index is 11.5. The number of ether oxygens (including phenoxy) is 1. The highest BCUT2D eigenvalue weighted by molar-refractivity contribution is 5.66. The van der Waals surface area contributed by atoms with Crippen LogP contribution in [0.25, 0.3) is 0 Å². The summed E-state index contributed by atoms with van der Waals surface area (Å²) in [6.07, 6.45) is 7.05. The van der Waals surface area contributed by atoms with Gasteiger partial charge in [0.05, 0.1) is 0 Å². The number of rotatable bonds is 3. The lowest BCUT2D eigenvalue weighted by Crippen LogP contribution is -2.58. The molecule has 3 nitrogen and oxygen atoms in total. The third-order valence-electron chi connectivity index (χ3n) is 6.45. The normalized spacial score (nSPS) is 42.0. The molecule has 3 heteroatoms. The lowest BCUT2D eigenvalue weighted by atomic mass is 9.45. The van der Waals surface area contributed by atoms with E-state index in [0.717, 1.165) is 25.5 Å². The molecule has 0 aromatic heterocycles. The van der Waals surface area contributed by atoms with Crippen molar-refractivity contribution in [2.24, 2.45) is 22.7 Å². The van der Waals surface area contributed by atoms with Crippen LogP contribution in [-0.2, 0) is 14.3 Å². The predicted octanol–water partition coefficient (Wildman–Crippen LogP) is 4.14. The molecule has 2 fully saturated rings. The Kier molecular flexibility index (Phi) is 4.25. The number of aldehydes is 1. The topological polar surface area (TPSA) is 43.4 Å². The minimum atomic E-state index is -0.495. The Morgan fingerprint density at radius 1 is 1.19 bits per heavy atom. The van der Waals surface area contributed by atoms with Crippen molar-refractivity contribution >= 4 is 12.3 Å². The smallest absolute Gasteiger partial charge is 0.303 e. The Morgan fingerprint density at radius 2 is 1.86 bits per heavy atom. The van der Waals surface area contributed by atoms with Crippen molar-refractivity contribution in [3.63, 3.8) is 0 Å². The summed E-state index contributed by atoms with van der Waals surface area (Å²) in [5.41, 5.74) is -0.0950. The minimum absolute atomic E-state index is 0.0884. The van der Waals surface area contributed by atoms with Crippen molar-refractivity contribution in [1.82, 2.24) is 0 Å². The molecule has 120 valence electrons. The minimum Gasteiger partial charge on any atom is -0.459 e. The fraction of sp³-hybridized carbons (Fsp3) is 0.889. The van der Waals surface area contributed by atoms with Gasteiger partial charge in [-0.05, 0) is 49.4 Å². The molecule has 2 aliphatic rings. The molecule has 0 amide bonds. The fourth-order valence-corrected chi connectivity index (χ4v) is 5.67. The van der Waals surface area contributed by atoms with Gasteiger partial charge >= 0.3 is 5.97 Å². The van der Waals surface area contributed by atoms with Gasteiger partial charge in [0.25, 0.3) is 0 Å². The molecular weight excluding hydrogens is 264 g/mol. The van der Waals surface area contributed by atoms with Crippen molar-refractivity contribution in [2.75, 3.05) is 0 Å². The quantitative estimate of drug-likeness (QED) is 0.580. The Morgan fingerprint density at radius 3 is 2.43 bits per heavy atom. The van der Waals surface area contributed by atoms with Crippen molar-refractivity contribution in [3.05, 3.63) is 0 Å². The second kappa shape index (κ2) is 5.40. The van der Waals surface area contributed by atoms with Crippen molar-refractivity contribution < 1.29 is 14.3 Å². The molecular formula is C18H30O3. The van der Waals surface area contributed by atoms with Crippen LogP contribution in [0.5, 0.6) is 0 Å². The van der Waals surface area contributed by atoms with Gasteiger partial charge < -0.3 is 9.53 Å². The molecule has 2 saturated carbocycles. The highest BCUT2D eigenvalue weighted by Gasteiger charge is 2.59. The van der Waals surface area contributed by atoms with Crippen LogP contribution in [0.3, 0.4) is 0 Å². The number of fused-ring (bicyclic) bond motifs is 1. The molecule has 1 unspecified atom stereocenters. The van der Waals surface area contributed by atoms with E-state index in [1.54, 1.807) is 0 Å². The molecule has 2 rings (SSSR count). The second-order valence-electron chi connectivity index (χ2n) is 8.30. The number of hydrogen-bond donors (Lipinski definition) is 0. The lowest BCUT2D eigenvalue weighted by molar-refractivity contribution is -0.198. The standard InChI is InChI=1S/C18H30O3/c1-13(20)21-18(5)11-7-14-16(2,3)9-6-10-17(14,4)15(18)8-12-19/h12,14-15H,6-11H2,1-5H3/t14?,15-,17+,18-/m1/s1. The summed E-state index contributed by atoms with van der Waals surface area (Å²) in [5, 5.41) is 0. The predicted molar refractivity (Wildman–Crippen MR) is 82.8 cm³/mol. The fourth-order valence-electron chi connectivity index (χ4n) is 5.67. The second-order valence-corrected chi connectivity index (χ2v) is 8.30. The summed E-state index contributed by atoms with van der Waals surface area (Å²) in [6.45, 7) is 10.6. The summed E-state index contributed by atoms with van der Waals surface area (Å²) < 4.78 is 5.73. The van der Waals surface area contributed by atoms with Gasteiger partial charge in [0, 0.05) is 19.3 Å². The van der Waals surface area contributed by atoms with Gasteiger partial charge in [-0.1, -0.05) is 27.2 Å². The van der Waals surface area contributed by atoms with Crippen molar-refractivity contribution in [1.29, 1.82) is 0 Å². The van der Waals surface area contributed by atoms with Crippen LogP contribution in [0.1, 0.15) is 73.1 Å². The summed E-state index contributed by atoms with van der Waals surface area (Å²) >= 11 is 0. The molecule has 0 spiro atoms. The average Bonchev–Trinajstić information content (AvgIpc) is 2.32. The third kappa shape index (κ3) is 2.76. The Labute approximate surface area is 128 Å². The first-order valence-corrected chi connectivity index (χ1v) is 8.29. The maximum absolute atomic E-state index is 11.5. The first kappa shape index (κ1) is 16.5. The first-order chi connectivity index (χ1) is 9.66. The van der Waals surface area contributed by atoms with Crippen molar-refractivity contribution in [3.8, 4) is 0 Å². The number of carbonyl (C=O) groups is 2. The summed E-state index contributed by atoms with van der Waals surface area (Å²) in [4.78, 5) is 22.8. The van der Waals surface area contributed by atoms with Gasteiger partial charge in [-0.15, -0.1) is 0 Å². The van der Waals surface area contributed by atoms with E-state index in [9.17, 15) is 9.59 Å². The van der Waals surface area contributed by atoms with Crippen LogP contribution < -0.4 is 0 Å². The Balaban J connectivity index is 2.40. The van der Waals surface area contributed by atoms with Gasteiger partial charge in [-0.2, -0.15) is 0 Å². The van der Waals surface area contributed by atoms with Crippen LogP contribution in [0.4, 0.5) is 0 Å².